The molecule has 0 aromatic heterocycles. The Morgan fingerprint density at radius 3 is 2.81 bits per heavy atom. The van der Waals surface area contributed by atoms with Crippen molar-refractivity contribution >= 4 is 29.4 Å². The Kier molecular flexibility index (Phi) is 5.06. The lowest BCUT2D eigenvalue weighted by atomic mass is 10.3. The average Bonchev–Trinajstić information content (AvgIpc) is 2.90. The molecular weight excluding hydrogens is 295 g/mol. The first-order chi connectivity index (χ1) is 9.99. The number of esters is 1. The van der Waals surface area contributed by atoms with E-state index in [0.717, 1.165) is 0 Å². The molecule has 1 aliphatic heterocycles. The fourth-order valence-corrected chi connectivity index (χ4v) is 3.04. The first-order valence-electron chi connectivity index (χ1n) is 6.59. The van der Waals surface area contributed by atoms with Crippen molar-refractivity contribution in [3.63, 3.8) is 0 Å². The van der Waals surface area contributed by atoms with Crippen LogP contribution in [0.15, 0.2) is 24.3 Å². The number of carbonyl (C=O) groups is 2. The van der Waals surface area contributed by atoms with E-state index in [2.05, 4.69) is 5.32 Å². The quantitative estimate of drug-likeness (QED) is 0.872. The number of para-hydroxylation sites is 1. The van der Waals surface area contributed by atoms with Crippen molar-refractivity contribution in [3.05, 3.63) is 30.1 Å². The van der Waals surface area contributed by atoms with Gasteiger partial charge in [0.25, 0.3) is 0 Å². The SMILES string of the molecule is CC(C)OC(=O)C1CSCN1C(=O)Nc1ccccc1F. The van der Waals surface area contributed by atoms with Gasteiger partial charge in [0.2, 0.25) is 0 Å². The third-order valence-electron chi connectivity index (χ3n) is 2.88. The van der Waals surface area contributed by atoms with E-state index >= 15 is 0 Å². The zero-order chi connectivity index (χ0) is 15.4. The van der Waals surface area contributed by atoms with Gasteiger partial charge in [0, 0.05) is 5.75 Å². The smallest absolute Gasteiger partial charge is 0.330 e. The molecule has 2 rings (SSSR count). The number of urea groups is 1. The highest BCUT2D eigenvalue weighted by atomic mass is 32.2. The number of thioether (sulfide) groups is 1. The van der Waals surface area contributed by atoms with E-state index in [9.17, 15) is 14.0 Å². The predicted octanol–water partition coefficient (Wildman–Crippen LogP) is 2.68. The maximum absolute atomic E-state index is 13.5. The molecule has 0 radical (unpaired) electrons. The highest BCUT2D eigenvalue weighted by Crippen LogP contribution is 2.24. The molecule has 0 bridgehead atoms. The van der Waals surface area contributed by atoms with E-state index in [-0.39, 0.29) is 11.8 Å². The minimum Gasteiger partial charge on any atom is -0.461 e. The minimum atomic E-state index is -0.635. The summed E-state index contributed by atoms with van der Waals surface area (Å²) in [6, 6.07) is 4.76. The fourth-order valence-electron chi connectivity index (χ4n) is 1.90. The largest absolute Gasteiger partial charge is 0.461 e. The van der Waals surface area contributed by atoms with Crippen molar-refractivity contribution in [2.45, 2.75) is 26.0 Å². The van der Waals surface area contributed by atoms with Gasteiger partial charge < -0.3 is 15.0 Å². The van der Waals surface area contributed by atoms with Crippen molar-refractivity contribution < 1.29 is 18.7 Å². The molecule has 1 fully saturated rings. The third-order valence-corrected chi connectivity index (χ3v) is 3.89. The number of ether oxygens (including phenoxy) is 1. The molecule has 7 heteroatoms. The van der Waals surface area contributed by atoms with E-state index in [1.54, 1.807) is 26.0 Å². The topological polar surface area (TPSA) is 58.6 Å². The van der Waals surface area contributed by atoms with Crippen LogP contribution in [0, 0.1) is 5.82 Å². The molecule has 1 aromatic rings. The van der Waals surface area contributed by atoms with Crippen LogP contribution in [0.3, 0.4) is 0 Å². The normalized spacial score (nSPS) is 17.9. The van der Waals surface area contributed by atoms with Crippen LogP contribution in [-0.2, 0) is 9.53 Å². The number of carbonyl (C=O) groups excluding carboxylic acids is 2. The van der Waals surface area contributed by atoms with Crippen LogP contribution < -0.4 is 5.32 Å². The molecule has 1 saturated heterocycles. The standard InChI is InChI=1S/C14H17FN2O3S/c1-9(2)20-13(18)12-7-21-8-17(12)14(19)16-11-6-4-3-5-10(11)15/h3-6,9,12H,7-8H2,1-2H3,(H,16,19). The van der Waals surface area contributed by atoms with E-state index in [4.69, 9.17) is 4.74 Å². The van der Waals surface area contributed by atoms with Crippen LogP contribution in [0.4, 0.5) is 14.9 Å². The second-order valence-electron chi connectivity index (χ2n) is 4.88. The summed E-state index contributed by atoms with van der Waals surface area (Å²) in [5.41, 5.74) is 0.0929. The number of rotatable bonds is 3. The van der Waals surface area contributed by atoms with Gasteiger partial charge in [-0.25, -0.2) is 14.0 Å². The van der Waals surface area contributed by atoms with E-state index in [0.29, 0.717) is 11.6 Å². The number of halogens is 1. The maximum atomic E-state index is 13.5. The predicted molar refractivity (Wildman–Crippen MR) is 79.6 cm³/mol. The van der Waals surface area contributed by atoms with Gasteiger partial charge >= 0.3 is 12.0 Å². The zero-order valence-electron chi connectivity index (χ0n) is 11.8. The van der Waals surface area contributed by atoms with Crippen LogP contribution in [0.25, 0.3) is 0 Å². The van der Waals surface area contributed by atoms with Crippen molar-refractivity contribution in [1.82, 2.24) is 4.90 Å². The maximum Gasteiger partial charge on any atom is 0.330 e. The summed E-state index contributed by atoms with van der Waals surface area (Å²) in [4.78, 5) is 25.5. The summed E-state index contributed by atoms with van der Waals surface area (Å²) in [7, 11) is 0. The van der Waals surface area contributed by atoms with Gasteiger partial charge in [-0.05, 0) is 26.0 Å². The van der Waals surface area contributed by atoms with Crippen LogP contribution in [0.5, 0.6) is 0 Å². The minimum absolute atomic E-state index is 0.0929. The Bertz CT molecular complexity index is 539. The van der Waals surface area contributed by atoms with Crippen LogP contribution in [0.1, 0.15) is 13.8 Å². The van der Waals surface area contributed by atoms with Crippen molar-refractivity contribution in [3.8, 4) is 0 Å². The molecule has 1 aliphatic rings. The van der Waals surface area contributed by atoms with Crippen LogP contribution in [0.2, 0.25) is 0 Å². The number of nitrogens with zero attached hydrogens (tertiary/aromatic N) is 1. The number of anilines is 1. The first-order valence-corrected chi connectivity index (χ1v) is 7.75. The number of hydrogen-bond donors (Lipinski definition) is 1. The average molecular weight is 312 g/mol. The molecular formula is C14H17FN2O3S. The summed E-state index contributed by atoms with van der Waals surface area (Å²) in [5, 5.41) is 2.48. The molecule has 1 atom stereocenters. The van der Waals surface area contributed by atoms with Gasteiger partial charge in [-0.3, -0.25) is 0 Å². The van der Waals surface area contributed by atoms with Crippen LogP contribution in [-0.4, -0.2) is 40.7 Å². The molecule has 21 heavy (non-hydrogen) atoms. The molecule has 5 nitrogen and oxygen atoms in total. The summed E-state index contributed by atoms with van der Waals surface area (Å²) in [6.45, 7) is 3.51. The summed E-state index contributed by atoms with van der Waals surface area (Å²) in [5.74, 6) is -0.0910. The number of amides is 2. The second kappa shape index (κ2) is 6.80. The van der Waals surface area contributed by atoms with Crippen LogP contribution >= 0.6 is 11.8 Å². The lowest BCUT2D eigenvalue weighted by Crippen LogP contribution is -2.45. The Morgan fingerprint density at radius 1 is 1.43 bits per heavy atom. The Hall–Kier alpha value is -1.76. The van der Waals surface area contributed by atoms with Gasteiger partial charge in [0.05, 0.1) is 17.7 Å². The Balaban J connectivity index is 2.04. The second-order valence-corrected chi connectivity index (χ2v) is 5.88. The lowest BCUT2D eigenvalue weighted by Gasteiger charge is -2.23. The summed E-state index contributed by atoms with van der Waals surface area (Å²) < 4.78 is 18.7. The monoisotopic (exact) mass is 312 g/mol. The number of benzene rings is 1. The first kappa shape index (κ1) is 15.6. The van der Waals surface area contributed by atoms with Crippen molar-refractivity contribution in [2.24, 2.45) is 0 Å². The highest BCUT2D eigenvalue weighted by molar-refractivity contribution is 7.99. The lowest BCUT2D eigenvalue weighted by molar-refractivity contribution is -0.151. The van der Waals surface area contributed by atoms with Crippen molar-refractivity contribution in [1.29, 1.82) is 0 Å². The van der Waals surface area contributed by atoms with Crippen molar-refractivity contribution in [2.75, 3.05) is 16.9 Å². The molecule has 1 heterocycles. The molecule has 0 spiro atoms. The molecule has 2 amide bonds. The Labute approximate surface area is 126 Å². The highest BCUT2D eigenvalue weighted by Gasteiger charge is 2.36. The molecule has 0 saturated carbocycles. The van der Waals surface area contributed by atoms with E-state index in [1.165, 1.54) is 28.8 Å². The third kappa shape index (κ3) is 3.87. The van der Waals surface area contributed by atoms with E-state index in [1.807, 2.05) is 0 Å². The number of hydrogen-bond acceptors (Lipinski definition) is 4. The fraction of sp³-hybridized carbons (Fsp3) is 0.429. The molecule has 1 unspecified atom stereocenters. The summed E-state index contributed by atoms with van der Waals surface area (Å²) in [6.07, 6.45) is -0.237. The van der Waals surface area contributed by atoms with Gasteiger partial charge in [0.15, 0.2) is 0 Å². The van der Waals surface area contributed by atoms with Gasteiger partial charge in [0.1, 0.15) is 11.9 Å². The van der Waals surface area contributed by atoms with E-state index < -0.39 is 23.9 Å². The molecule has 1 aromatic carbocycles. The molecule has 1 N–H and O–H groups in total. The molecule has 114 valence electrons. The van der Waals surface area contributed by atoms with Gasteiger partial charge in [-0.1, -0.05) is 12.1 Å². The Morgan fingerprint density at radius 2 is 2.14 bits per heavy atom. The van der Waals surface area contributed by atoms with Gasteiger partial charge in [-0.2, -0.15) is 0 Å². The molecule has 0 aliphatic carbocycles. The zero-order valence-corrected chi connectivity index (χ0v) is 12.7. The number of nitrogens with one attached hydrogen (secondary N) is 1. The van der Waals surface area contributed by atoms with Gasteiger partial charge in [-0.15, -0.1) is 11.8 Å². The summed E-state index contributed by atoms with van der Waals surface area (Å²) >= 11 is 1.46.